The van der Waals surface area contributed by atoms with Gasteiger partial charge in [-0.1, -0.05) is 12.1 Å². The normalized spacial score (nSPS) is 16.0. The van der Waals surface area contributed by atoms with E-state index < -0.39 is 5.97 Å². The number of hydrogen-bond donors (Lipinski definition) is 2. The Balaban J connectivity index is 1.49. The van der Waals surface area contributed by atoms with Crippen molar-refractivity contribution < 1.29 is 9.90 Å². The summed E-state index contributed by atoms with van der Waals surface area (Å²) in [4.78, 5) is 34.9. The van der Waals surface area contributed by atoms with Crippen LogP contribution in [0.15, 0.2) is 65.6 Å². The first-order chi connectivity index (χ1) is 19.2. The van der Waals surface area contributed by atoms with Crippen LogP contribution in [0, 0.1) is 25.2 Å². The molecule has 0 spiro atoms. The Morgan fingerprint density at radius 1 is 1.15 bits per heavy atom. The van der Waals surface area contributed by atoms with Crippen LogP contribution in [0.5, 0.6) is 0 Å². The van der Waals surface area contributed by atoms with E-state index in [-0.39, 0.29) is 23.2 Å². The summed E-state index contributed by atoms with van der Waals surface area (Å²) >= 11 is 0. The zero-order valence-electron chi connectivity index (χ0n) is 23.0. The second-order valence-corrected chi connectivity index (χ2v) is 10.4. The Kier molecular flexibility index (Phi) is 7.18. The van der Waals surface area contributed by atoms with Crippen LogP contribution < -0.4 is 20.7 Å². The molecule has 2 aromatic carbocycles. The molecule has 0 unspecified atom stereocenters. The second-order valence-electron chi connectivity index (χ2n) is 10.4. The van der Waals surface area contributed by atoms with Crippen molar-refractivity contribution in [1.82, 2.24) is 9.38 Å². The van der Waals surface area contributed by atoms with E-state index in [1.165, 1.54) is 0 Å². The number of carbonyl (C=O) groups is 1. The fourth-order valence-corrected chi connectivity index (χ4v) is 5.48. The number of nitrogens with zero attached hydrogens (tertiary/aromatic N) is 5. The molecule has 204 valence electrons. The van der Waals surface area contributed by atoms with Crippen LogP contribution >= 0.6 is 0 Å². The van der Waals surface area contributed by atoms with Crippen molar-refractivity contribution >= 4 is 28.8 Å². The Bertz CT molecular complexity index is 1690. The van der Waals surface area contributed by atoms with Gasteiger partial charge in [0.2, 0.25) is 0 Å². The van der Waals surface area contributed by atoms with E-state index in [1.54, 1.807) is 34.9 Å². The largest absolute Gasteiger partial charge is 0.478 e. The van der Waals surface area contributed by atoms with Crippen LogP contribution in [0.3, 0.4) is 0 Å². The van der Waals surface area contributed by atoms with Crippen molar-refractivity contribution in [2.24, 2.45) is 0 Å². The van der Waals surface area contributed by atoms with Crippen molar-refractivity contribution in [3.8, 4) is 6.07 Å². The van der Waals surface area contributed by atoms with Crippen molar-refractivity contribution in [2.75, 3.05) is 34.8 Å². The highest BCUT2D eigenvalue weighted by atomic mass is 16.4. The molecule has 1 aliphatic heterocycles. The number of pyridine rings is 1. The zero-order valence-corrected chi connectivity index (χ0v) is 23.0. The molecular formula is C31H32N6O3. The molecule has 0 aliphatic carbocycles. The summed E-state index contributed by atoms with van der Waals surface area (Å²) in [5.74, 6) is -0.342. The third-order valence-electron chi connectivity index (χ3n) is 7.54. The first-order valence-corrected chi connectivity index (χ1v) is 13.3. The minimum Gasteiger partial charge on any atom is -0.478 e. The van der Waals surface area contributed by atoms with Gasteiger partial charge in [-0.3, -0.25) is 9.20 Å². The minimum atomic E-state index is -1.01. The number of fused-ring (bicyclic) bond motifs is 1. The van der Waals surface area contributed by atoms with Gasteiger partial charge in [0, 0.05) is 48.8 Å². The first kappa shape index (κ1) is 26.8. The van der Waals surface area contributed by atoms with Crippen LogP contribution in [-0.2, 0) is 0 Å². The second kappa shape index (κ2) is 10.7. The van der Waals surface area contributed by atoms with Crippen LogP contribution in [-0.4, -0.2) is 46.1 Å². The fraction of sp³-hybridized carbons (Fsp3) is 0.290. The number of benzene rings is 2. The van der Waals surface area contributed by atoms with Gasteiger partial charge in [-0.05, 0) is 75.7 Å². The van der Waals surface area contributed by atoms with Crippen molar-refractivity contribution in [3.05, 3.63) is 99.0 Å². The lowest BCUT2D eigenvalue weighted by molar-refractivity contribution is 0.0698. The van der Waals surface area contributed by atoms with Crippen molar-refractivity contribution in [2.45, 2.75) is 39.8 Å². The van der Waals surface area contributed by atoms with Crippen LogP contribution in [0.2, 0.25) is 0 Å². The van der Waals surface area contributed by atoms with Gasteiger partial charge in [-0.15, -0.1) is 0 Å². The molecule has 0 saturated carbocycles. The van der Waals surface area contributed by atoms with Crippen LogP contribution in [0.1, 0.15) is 52.5 Å². The molecule has 2 atom stereocenters. The molecule has 0 bridgehead atoms. The standard InChI is InChI=1S/C31H32N6O3/c1-19-15-26(22(4)33-27-8-6-5-7-25(27)31(39)40)29-34-28(21(3)30(38)37(29)17-19)35-13-14-36(20(2)18-35)24-11-9-23(16-32)10-12-24/h5-12,15,17,20,22,33H,13-14,18H2,1-4H3,(H,39,40)/t20-,22+/m0/s1. The number of hydrogen-bond acceptors (Lipinski definition) is 7. The number of nitrogens with one attached hydrogen (secondary N) is 1. The average Bonchev–Trinajstić information content (AvgIpc) is 2.95. The Morgan fingerprint density at radius 2 is 1.88 bits per heavy atom. The van der Waals surface area contributed by atoms with Crippen LogP contribution in [0.25, 0.3) is 5.65 Å². The summed E-state index contributed by atoms with van der Waals surface area (Å²) in [7, 11) is 0. The molecule has 0 amide bonds. The van der Waals surface area contributed by atoms with E-state index in [0.717, 1.165) is 23.4 Å². The lowest BCUT2D eigenvalue weighted by Gasteiger charge is -2.42. The Hall–Kier alpha value is -4.84. The van der Waals surface area contributed by atoms with Gasteiger partial charge in [-0.2, -0.15) is 5.26 Å². The van der Waals surface area contributed by atoms with Gasteiger partial charge in [-0.25, -0.2) is 9.78 Å². The molecule has 9 nitrogen and oxygen atoms in total. The van der Waals surface area contributed by atoms with E-state index in [2.05, 4.69) is 28.1 Å². The highest BCUT2D eigenvalue weighted by molar-refractivity contribution is 5.94. The van der Waals surface area contributed by atoms with E-state index in [0.29, 0.717) is 41.4 Å². The maximum atomic E-state index is 13.6. The molecular weight excluding hydrogens is 504 g/mol. The highest BCUT2D eigenvalue weighted by Crippen LogP contribution is 2.29. The summed E-state index contributed by atoms with van der Waals surface area (Å²) in [5, 5.41) is 22.1. The van der Waals surface area contributed by atoms with Gasteiger partial charge < -0.3 is 20.2 Å². The van der Waals surface area contributed by atoms with E-state index in [9.17, 15) is 14.7 Å². The summed E-state index contributed by atoms with van der Waals surface area (Å²) in [5.41, 5.74) is 5.11. The van der Waals surface area contributed by atoms with E-state index in [4.69, 9.17) is 10.2 Å². The van der Waals surface area contributed by atoms with Gasteiger partial charge in [0.1, 0.15) is 11.5 Å². The number of carboxylic acids is 1. The topological polar surface area (TPSA) is 114 Å². The molecule has 40 heavy (non-hydrogen) atoms. The predicted molar refractivity (Wildman–Crippen MR) is 157 cm³/mol. The molecule has 1 fully saturated rings. The monoisotopic (exact) mass is 536 g/mol. The van der Waals surface area contributed by atoms with Gasteiger partial charge >= 0.3 is 5.97 Å². The SMILES string of the molecule is Cc1cc([C@@H](C)Nc2ccccc2C(=O)O)c2nc(N3CCN(c4ccc(C#N)cc4)[C@@H](C)C3)c(C)c(=O)n2c1. The Labute approximate surface area is 232 Å². The molecule has 5 rings (SSSR count). The van der Waals surface area contributed by atoms with E-state index >= 15 is 0 Å². The van der Waals surface area contributed by atoms with Crippen molar-refractivity contribution in [1.29, 1.82) is 5.26 Å². The summed E-state index contributed by atoms with van der Waals surface area (Å²) in [6, 6.07) is 18.4. The highest BCUT2D eigenvalue weighted by Gasteiger charge is 2.27. The smallest absolute Gasteiger partial charge is 0.337 e. The minimum absolute atomic E-state index is 0.120. The van der Waals surface area contributed by atoms with Crippen molar-refractivity contribution in [3.63, 3.8) is 0 Å². The fourth-order valence-electron chi connectivity index (χ4n) is 5.48. The summed E-state index contributed by atoms with van der Waals surface area (Å²) in [6.07, 6.45) is 1.80. The third kappa shape index (κ3) is 4.96. The molecule has 1 aliphatic rings. The van der Waals surface area contributed by atoms with Gasteiger partial charge in [0.15, 0.2) is 0 Å². The number of aromatic nitrogens is 2. The molecule has 9 heteroatoms. The Morgan fingerprint density at radius 3 is 2.55 bits per heavy atom. The number of anilines is 3. The number of rotatable bonds is 6. The number of nitriles is 1. The van der Waals surface area contributed by atoms with Gasteiger partial charge in [0.25, 0.3) is 5.56 Å². The number of piperazine rings is 1. The lowest BCUT2D eigenvalue weighted by Crippen LogP contribution is -2.53. The quantitative estimate of drug-likeness (QED) is 0.362. The average molecular weight is 537 g/mol. The predicted octanol–water partition coefficient (Wildman–Crippen LogP) is 4.77. The number of aryl methyl sites for hydroxylation is 1. The zero-order chi connectivity index (χ0) is 28.6. The molecule has 0 radical (unpaired) electrons. The maximum Gasteiger partial charge on any atom is 0.337 e. The summed E-state index contributed by atoms with van der Waals surface area (Å²) < 4.78 is 1.60. The molecule has 2 aromatic heterocycles. The third-order valence-corrected chi connectivity index (χ3v) is 7.54. The molecule has 2 N–H and O–H groups in total. The summed E-state index contributed by atoms with van der Waals surface area (Å²) in [6.45, 7) is 9.96. The number of para-hydroxylation sites is 1. The molecule has 4 aromatic rings. The van der Waals surface area contributed by atoms with E-state index in [1.807, 2.05) is 51.1 Å². The molecule has 1 saturated heterocycles. The van der Waals surface area contributed by atoms with Gasteiger partial charge in [0.05, 0.1) is 28.8 Å². The molecule has 3 heterocycles. The maximum absolute atomic E-state index is 13.6. The number of aromatic carboxylic acids is 1. The first-order valence-electron chi connectivity index (χ1n) is 13.3. The number of carboxylic acid groups (broad SMARTS) is 1. The van der Waals surface area contributed by atoms with Crippen LogP contribution in [0.4, 0.5) is 17.2 Å². The lowest BCUT2D eigenvalue weighted by atomic mass is 10.1.